The zero-order valence-electron chi connectivity index (χ0n) is 18.2. The van der Waals surface area contributed by atoms with Gasteiger partial charge in [-0.05, 0) is 62.0 Å². The molecule has 2 aromatic carbocycles. The number of nitrogens with zero attached hydrogens (tertiary/aromatic N) is 2. The van der Waals surface area contributed by atoms with Crippen LogP contribution in [0.15, 0.2) is 58.3 Å². The molecule has 0 saturated carbocycles. The highest BCUT2D eigenvalue weighted by molar-refractivity contribution is 7.98. The summed E-state index contributed by atoms with van der Waals surface area (Å²) in [5, 5.41) is 8.76. The molecule has 0 bridgehead atoms. The predicted octanol–water partition coefficient (Wildman–Crippen LogP) is 6.47. The van der Waals surface area contributed by atoms with E-state index in [1.54, 1.807) is 24.1 Å². The van der Waals surface area contributed by atoms with Gasteiger partial charge >= 0.3 is 5.97 Å². The third-order valence-electron chi connectivity index (χ3n) is 5.19. The molecule has 0 aliphatic carbocycles. The molecular weight excluding hydrogens is 454 g/mol. The van der Waals surface area contributed by atoms with Crippen molar-refractivity contribution in [2.75, 3.05) is 24.7 Å². The van der Waals surface area contributed by atoms with E-state index in [0.29, 0.717) is 18.6 Å². The Morgan fingerprint density at radius 3 is 2.81 bits per heavy atom. The van der Waals surface area contributed by atoms with Gasteiger partial charge in [0.25, 0.3) is 0 Å². The smallest absolute Gasteiger partial charge is 0.368 e. The van der Waals surface area contributed by atoms with Crippen LogP contribution in [0.1, 0.15) is 26.2 Å². The topological polar surface area (TPSA) is 53.0 Å². The largest absolute Gasteiger partial charge is 0.476 e. The molecule has 1 atom stereocenters. The highest BCUT2D eigenvalue weighted by Crippen LogP contribution is 2.46. The van der Waals surface area contributed by atoms with Gasteiger partial charge in [0.1, 0.15) is 17.8 Å². The second kappa shape index (κ2) is 11.1. The number of halogens is 2. The second-order valence-corrected chi connectivity index (χ2v) is 9.43. The molecule has 0 saturated heterocycles. The van der Waals surface area contributed by atoms with Crippen molar-refractivity contribution in [2.24, 2.45) is 0 Å². The first-order chi connectivity index (χ1) is 15.3. The molecule has 3 rings (SSSR count). The molecule has 0 spiro atoms. The highest BCUT2D eigenvalue weighted by atomic mass is 32.2. The molecule has 9 heteroatoms. The van der Waals surface area contributed by atoms with Crippen LogP contribution in [0.25, 0.3) is 0 Å². The summed E-state index contributed by atoms with van der Waals surface area (Å²) in [5.74, 6) is -3.01. The number of thioether (sulfide) groups is 1. The number of hydrogen-bond donors (Lipinski definition) is 1. The molecule has 32 heavy (non-hydrogen) atoms. The Morgan fingerprint density at radius 2 is 2.16 bits per heavy atom. The average molecular weight is 481 g/mol. The Labute approximate surface area is 195 Å². The van der Waals surface area contributed by atoms with Gasteiger partial charge in [-0.1, -0.05) is 25.8 Å². The van der Waals surface area contributed by atoms with Crippen LogP contribution in [0.3, 0.4) is 0 Å². The van der Waals surface area contributed by atoms with Crippen LogP contribution >= 0.6 is 23.7 Å². The zero-order chi connectivity index (χ0) is 23.3. The Hall–Kier alpha value is -2.23. The quantitative estimate of drug-likeness (QED) is 0.201. The standard InChI is InChI=1S/C23H26F2N2O3S2/c1-4-5-8-17-13-27(16-9-6-7-15(24)10-16)19-11-22(31-3)20(12-21(19)32-26(17)2)30-14-18(25)23(28)29/h6-7,9-12,14,17H,4-5,8,13H2,1-3H3,(H,28,29)/b18-14-. The average Bonchev–Trinajstić information content (AvgIpc) is 2.90. The van der Waals surface area contributed by atoms with E-state index < -0.39 is 11.8 Å². The van der Waals surface area contributed by atoms with Crippen molar-refractivity contribution >= 4 is 41.1 Å². The summed E-state index contributed by atoms with van der Waals surface area (Å²) < 4.78 is 35.1. The number of unbranched alkanes of at least 4 members (excludes halogenated alkanes) is 1. The monoisotopic (exact) mass is 480 g/mol. The Morgan fingerprint density at radius 1 is 1.38 bits per heavy atom. The zero-order valence-corrected chi connectivity index (χ0v) is 19.8. The van der Waals surface area contributed by atoms with Crippen LogP contribution < -0.4 is 9.64 Å². The summed E-state index contributed by atoms with van der Waals surface area (Å²) in [7, 11) is 2.02. The summed E-state index contributed by atoms with van der Waals surface area (Å²) in [6.07, 6.45) is 5.61. The first kappa shape index (κ1) is 24.4. The summed E-state index contributed by atoms with van der Waals surface area (Å²) in [5.41, 5.74) is 1.65. The number of rotatable bonds is 8. The van der Waals surface area contributed by atoms with Crippen molar-refractivity contribution in [3.8, 4) is 5.75 Å². The molecule has 0 aromatic heterocycles. The first-order valence-corrected chi connectivity index (χ1v) is 12.2. The number of carboxylic acid groups (broad SMARTS) is 1. The van der Waals surface area contributed by atoms with Gasteiger partial charge in [0.2, 0.25) is 5.83 Å². The molecule has 0 amide bonds. The molecule has 0 radical (unpaired) electrons. The minimum absolute atomic E-state index is 0.224. The van der Waals surface area contributed by atoms with E-state index in [-0.39, 0.29) is 11.9 Å². The van der Waals surface area contributed by atoms with E-state index in [1.165, 1.54) is 23.9 Å². The minimum atomic E-state index is -1.68. The van der Waals surface area contributed by atoms with Gasteiger partial charge in [0.05, 0.1) is 15.5 Å². The third-order valence-corrected chi connectivity index (χ3v) is 7.06. The van der Waals surface area contributed by atoms with E-state index >= 15 is 0 Å². The van der Waals surface area contributed by atoms with Gasteiger partial charge < -0.3 is 14.7 Å². The molecule has 1 aliphatic heterocycles. The molecule has 5 nitrogen and oxygen atoms in total. The maximum atomic E-state index is 14.1. The summed E-state index contributed by atoms with van der Waals surface area (Å²) in [6.45, 7) is 2.84. The van der Waals surface area contributed by atoms with Crippen molar-refractivity contribution in [3.63, 3.8) is 0 Å². The van der Waals surface area contributed by atoms with Crippen molar-refractivity contribution in [1.29, 1.82) is 0 Å². The van der Waals surface area contributed by atoms with E-state index in [1.807, 2.05) is 25.4 Å². The van der Waals surface area contributed by atoms with E-state index in [9.17, 15) is 13.6 Å². The highest BCUT2D eigenvalue weighted by Gasteiger charge is 2.29. The molecule has 0 fully saturated rings. The summed E-state index contributed by atoms with van der Waals surface area (Å²) in [6, 6.07) is 10.4. The number of likely N-dealkylation sites (N-methyl/N-ethyl adjacent to an activating group) is 1. The number of fused-ring (bicyclic) bond motifs is 1. The van der Waals surface area contributed by atoms with Gasteiger partial charge in [0.15, 0.2) is 0 Å². The minimum Gasteiger partial charge on any atom is -0.476 e. The lowest BCUT2D eigenvalue weighted by Gasteiger charge is -2.30. The molecule has 1 unspecified atom stereocenters. The van der Waals surface area contributed by atoms with Crippen molar-refractivity contribution < 1.29 is 23.4 Å². The second-order valence-electron chi connectivity index (χ2n) is 7.38. The van der Waals surface area contributed by atoms with Crippen LogP contribution in [0, 0.1) is 5.82 Å². The van der Waals surface area contributed by atoms with Crippen LogP contribution in [0.4, 0.5) is 20.2 Å². The van der Waals surface area contributed by atoms with Crippen molar-refractivity contribution in [1.82, 2.24) is 4.31 Å². The van der Waals surface area contributed by atoms with Crippen molar-refractivity contribution in [2.45, 2.75) is 42.0 Å². The molecule has 1 heterocycles. The summed E-state index contributed by atoms with van der Waals surface area (Å²) >= 11 is 2.95. The number of carboxylic acids is 1. The lowest BCUT2D eigenvalue weighted by molar-refractivity contribution is -0.134. The molecule has 172 valence electrons. The lowest BCUT2D eigenvalue weighted by Crippen LogP contribution is -2.35. The molecule has 1 aliphatic rings. The Kier molecular flexibility index (Phi) is 8.44. The van der Waals surface area contributed by atoms with Gasteiger partial charge in [-0.25, -0.2) is 13.5 Å². The maximum absolute atomic E-state index is 14.1. The third kappa shape index (κ3) is 5.76. The fourth-order valence-electron chi connectivity index (χ4n) is 3.49. The van der Waals surface area contributed by atoms with E-state index in [2.05, 4.69) is 16.1 Å². The number of anilines is 2. The maximum Gasteiger partial charge on any atom is 0.368 e. The molecule has 1 N–H and O–H groups in total. The number of ether oxygens (including phenoxy) is 1. The molecule has 2 aromatic rings. The van der Waals surface area contributed by atoms with Crippen LogP contribution in [0.5, 0.6) is 5.75 Å². The van der Waals surface area contributed by atoms with Crippen LogP contribution in [-0.4, -0.2) is 41.3 Å². The van der Waals surface area contributed by atoms with Gasteiger partial charge in [-0.2, -0.15) is 4.39 Å². The van der Waals surface area contributed by atoms with Gasteiger partial charge in [-0.15, -0.1) is 11.8 Å². The molecular formula is C23H26F2N2O3S2. The first-order valence-electron chi connectivity index (χ1n) is 10.3. The number of benzene rings is 2. The predicted molar refractivity (Wildman–Crippen MR) is 126 cm³/mol. The SMILES string of the molecule is CCCCC1CN(c2cccc(F)c2)c2cc(SC)c(O/C=C(\F)C(=O)O)cc2SN1C. The van der Waals surface area contributed by atoms with Crippen molar-refractivity contribution in [3.05, 3.63) is 54.3 Å². The normalized spacial score (nSPS) is 17.1. The summed E-state index contributed by atoms with van der Waals surface area (Å²) in [4.78, 5) is 14.4. The number of hydrogen-bond acceptors (Lipinski definition) is 6. The lowest BCUT2D eigenvalue weighted by atomic mass is 10.1. The van der Waals surface area contributed by atoms with Gasteiger partial charge in [0, 0.05) is 18.3 Å². The fourth-order valence-corrected chi connectivity index (χ4v) is 5.08. The number of aliphatic carboxylic acids is 1. The van der Waals surface area contributed by atoms with E-state index in [0.717, 1.165) is 40.4 Å². The van der Waals surface area contributed by atoms with Crippen LogP contribution in [0.2, 0.25) is 0 Å². The van der Waals surface area contributed by atoms with E-state index in [4.69, 9.17) is 9.84 Å². The van der Waals surface area contributed by atoms with Gasteiger partial charge in [-0.3, -0.25) is 0 Å². The van der Waals surface area contributed by atoms with Crippen LogP contribution in [-0.2, 0) is 4.79 Å². The number of carbonyl (C=O) groups is 1. The fraction of sp³-hybridized carbons (Fsp3) is 0.348. The Bertz CT molecular complexity index is 1000. The Balaban J connectivity index is 2.08.